The summed E-state index contributed by atoms with van der Waals surface area (Å²) in [5, 5.41) is 0. The highest BCUT2D eigenvalue weighted by Gasteiger charge is 2.27. The maximum absolute atomic E-state index is 12.6. The number of carbonyl (C=O) groups excluding carboxylic acids is 2. The summed E-state index contributed by atoms with van der Waals surface area (Å²) in [5.41, 5.74) is 1.24. The van der Waals surface area contributed by atoms with Crippen molar-refractivity contribution in [3.05, 3.63) is 59.9 Å². The monoisotopic (exact) mass is 408 g/mol. The van der Waals surface area contributed by atoms with Gasteiger partial charge in [0.15, 0.2) is 17.2 Å². The third-order valence-electron chi connectivity index (χ3n) is 4.39. The van der Waals surface area contributed by atoms with Gasteiger partial charge < -0.3 is 18.9 Å². The smallest absolute Gasteiger partial charge is 0.357 e. The Morgan fingerprint density at radius 1 is 0.633 bits per heavy atom. The van der Waals surface area contributed by atoms with Crippen LogP contribution in [0.15, 0.2) is 48.5 Å². The first-order valence-corrected chi connectivity index (χ1v) is 8.89. The van der Waals surface area contributed by atoms with Crippen molar-refractivity contribution in [1.82, 2.24) is 9.97 Å². The van der Waals surface area contributed by atoms with E-state index in [-0.39, 0.29) is 22.8 Å². The Bertz CT molecular complexity index is 1020. The predicted molar refractivity (Wildman–Crippen MR) is 109 cm³/mol. The Morgan fingerprint density at radius 3 is 1.40 bits per heavy atom. The number of aromatic nitrogens is 2. The number of methoxy groups -OCH3 is 4. The van der Waals surface area contributed by atoms with Crippen molar-refractivity contribution < 1.29 is 28.5 Å². The third kappa shape index (κ3) is 4.07. The molecule has 30 heavy (non-hydrogen) atoms. The fourth-order valence-corrected chi connectivity index (χ4v) is 2.85. The molecule has 0 N–H and O–H groups in total. The highest BCUT2D eigenvalue weighted by molar-refractivity contribution is 6.04. The van der Waals surface area contributed by atoms with Gasteiger partial charge in [0, 0.05) is 11.1 Å². The van der Waals surface area contributed by atoms with Crippen LogP contribution in [0.4, 0.5) is 0 Å². The maximum Gasteiger partial charge on any atom is 0.357 e. The minimum atomic E-state index is -0.705. The van der Waals surface area contributed by atoms with Crippen LogP contribution < -0.4 is 9.47 Å². The van der Waals surface area contributed by atoms with Crippen LogP contribution in [-0.2, 0) is 9.47 Å². The molecular formula is C22H20N2O6. The van der Waals surface area contributed by atoms with Crippen LogP contribution in [0.2, 0.25) is 0 Å². The van der Waals surface area contributed by atoms with Gasteiger partial charge in [-0.1, -0.05) is 12.1 Å². The number of carbonyl (C=O) groups is 2. The van der Waals surface area contributed by atoms with Gasteiger partial charge in [-0.05, 0) is 42.0 Å². The third-order valence-corrected chi connectivity index (χ3v) is 4.39. The van der Waals surface area contributed by atoms with Crippen molar-refractivity contribution in [1.29, 1.82) is 0 Å². The summed E-state index contributed by atoms with van der Waals surface area (Å²) in [6, 6.07) is 13.7. The number of hydrogen-bond donors (Lipinski definition) is 0. The molecule has 8 heteroatoms. The molecule has 2 aromatic carbocycles. The first-order valence-electron chi connectivity index (χ1n) is 8.89. The molecule has 0 aliphatic heterocycles. The number of hydrogen-bond acceptors (Lipinski definition) is 8. The summed E-state index contributed by atoms with van der Waals surface area (Å²) in [6.07, 6.45) is 0. The molecule has 0 aliphatic rings. The largest absolute Gasteiger partial charge is 0.497 e. The molecule has 1 heterocycles. The van der Waals surface area contributed by atoms with E-state index >= 15 is 0 Å². The summed E-state index contributed by atoms with van der Waals surface area (Å²) in [5.74, 6) is 0.0331. The van der Waals surface area contributed by atoms with Crippen LogP contribution in [0.3, 0.4) is 0 Å². The molecule has 8 nitrogen and oxygen atoms in total. The number of benzene rings is 2. The lowest BCUT2D eigenvalue weighted by molar-refractivity contribution is 0.0592. The first kappa shape index (κ1) is 20.8. The van der Waals surface area contributed by atoms with Crippen LogP contribution in [0, 0.1) is 0 Å². The Hall–Kier alpha value is -3.94. The van der Waals surface area contributed by atoms with Gasteiger partial charge >= 0.3 is 11.9 Å². The van der Waals surface area contributed by atoms with E-state index in [4.69, 9.17) is 18.9 Å². The quantitative estimate of drug-likeness (QED) is 0.573. The molecule has 0 amide bonds. The van der Waals surface area contributed by atoms with Crippen molar-refractivity contribution >= 4 is 11.9 Å². The zero-order valence-electron chi connectivity index (χ0n) is 17.0. The Balaban J connectivity index is 2.27. The van der Waals surface area contributed by atoms with Crippen LogP contribution in [-0.4, -0.2) is 50.3 Å². The van der Waals surface area contributed by atoms with Crippen molar-refractivity contribution in [2.45, 2.75) is 0 Å². The topological polar surface area (TPSA) is 96.8 Å². The molecule has 3 rings (SSSR count). The second kappa shape index (κ2) is 9.04. The SMILES string of the molecule is COC(=O)c1nc(-c2ccc(OC)cc2)nc(C(=O)OC)c1-c1ccc(OC)cc1. The first-order chi connectivity index (χ1) is 14.5. The number of ether oxygens (including phenoxy) is 4. The fourth-order valence-electron chi connectivity index (χ4n) is 2.85. The predicted octanol–water partition coefficient (Wildman–Crippen LogP) is 3.40. The number of nitrogens with zero attached hydrogens (tertiary/aromatic N) is 2. The van der Waals surface area contributed by atoms with Crippen LogP contribution in [0.25, 0.3) is 22.5 Å². The van der Waals surface area contributed by atoms with Crippen molar-refractivity contribution in [3.8, 4) is 34.0 Å². The van der Waals surface area contributed by atoms with Crippen molar-refractivity contribution in [2.75, 3.05) is 28.4 Å². The van der Waals surface area contributed by atoms with E-state index in [1.165, 1.54) is 14.2 Å². The van der Waals surface area contributed by atoms with Gasteiger partial charge in [0.05, 0.1) is 28.4 Å². The summed E-state index contributed by atoms with van der Waals surface area (Å²) in [6.45, 7) is 0. The van der Waals surface area contributed by atoms with Gasteiger partial charge in [0.2, 0.25) is 0 Å². The zero-order valence-corrected chi connectivity index (χ0v) is 17.0. The normalized spacial score (nSPS) is 10.3. The van der Waals surface area contributed by atoms with Crippen molar-refractivity contribution in [3.63, 3.8) is 0 Å². The summed E-state index contributed by atoms with van der Waals surface area (Å²) < 4.78 is 20.2. The lowest BCUT2D eigenvalue weighted by Gasteiger charge is -2.14. The minimum absolute atomic E-state index is 0.0520. The molecular weight excluding hydrogens is 388 g/mol. The average Bonchev–Trinajstić information content (AvgIpc) is 2.82. The van der Waals surface area contributed by atoms with E-state index in [9.17, 15) is 9.59 Å². The van der Waals surface area contributed by atoms with Crippen molar-refractivity contribution in [2.24, 2.45) is 0 Å². The van der Waals surface area contributed by atoms with Gasteiger partial charge in [-0.25, -0.2) is 19.6 Å². The molecule has 0 saturated heterocycles. The molecule has 0 atom stereocenters. The minimum Gasteiger partial charge on any atom is -0.497 e. The van der Waals surface area contributed by atoms with E-state index in [0.29, 0.717) is 22.6 Å². The van der Waals surface area contributed by atoms with Gasteiger partial charge in [-0.3, -0.25) is 0 Å². The highest BCUT2D eigenvalue weighted by Crippen LogP contribution is 2.31. The second-order valence-electron chi connectivity index (χ2n) is 6.06. The van der Waals surface area contributed by atoms with E-state index in [1.54, 1.807) is 62.8 Å². The maximum atomic E-state index is 12.6. The van der Waals surface area contributed by atoms with Gasteiger partial charge in [-0.15, -0.1) is 0 Å². The van der Waals surface area contributed by atoms with Crippen LogP contribution in [0.1, 0.15) is 21.0 Å². The lowest BCUT2D eigenvalue weighted by Crippen LogP contribution is -2.16. The second-order valence-corrected chi connectivity index (χ2v) is 6.06. The van der Waals surface area contributed by atoms with Crippen LogP contribution >= 0.6 is 0 Å². The van der Waals surface area contributed by atoms with Gasteiger partial charge in [0.1, 0.15) is 11.5 Å². The molecule has 0 spiro atoms. The molecule has 1 aromatic heterocycles. The molecule has 0 fully saturated rings. The van der Waals surface area contributed by atoms with E-state index in [2.05, 4.69) is 9.97 Å². The number of esters is 2. The zero-order chi connectivity index (χ0) is 21.7. The van der Waals surface area contributed by atoms with E-state index in [1.807, 2.05) is 0 Å². The number of rotatable bonds is 6. The molecule has 0 unspecified atom stereocenters. The Labute approximate surface area is 173 Å². The Kier molecular flexibility index (Phi) is 6.26. The summed E-state index contributed by atoms with van der Waals surface area (Å²) >= 11 is 0. The fraction of sp³-hybridized carbons (Fsp3) is 0.182. The average molecular weight is 408 g/mol. The standard InChI is InChI=1S/C22H20N2O6/c1-27-15-9-5-13(6-10-15)17-18(21(25)29-3)23-20(24-19(17)22(26)30-4)14-7-11-16(28-2)12-8-14/h5-12H,1-4H3. The highest BCUT2D eigenvalue weighted by atomic mass is 16.5. The van der Waals surface area contributed by atoms with E-state index < -0.39 is 11.9 Å². The Morgan fingerprint density at radius 2 is 1.03 bits per heavy atom. The molecule has 3 aromatic rings. The van der Waals surface area contributed by atoms with Crippen LogP contribution in [0.5, 0.6) is 11.5 Å². The molecule has 0 radical (unpaired) electrons. The summed E-state index contributed by atoms with van der Waals surface area (Å²) in [7, 11) is 5.58. The van der Waals surface area contributed by atoms with Gasteiger partial charge in [-0.2, -0.15) is 0 Å². The van der Waals surface area contributed by atoms with E-state index in [0.717, 1.165) is 0 Å². The van der Waals surface area contributed by atoms with Gasteiger partial charge in [0.25, 0.3) is 0 Å². The molecule has 0 aliphatic carbocycles. The molecule has 0 saturated carbocycles. The lowest BCUT2D eigenvalue weighted by atomic mass is 10.0. The molecule has 0 bridgehead atoms. The summed E-state index contributed by atoms with van der Waals surface area (Å²) in [4.78, 5) is 33.9. The molecule has 154 valence electrons.